The van der Waals surface area contributed by atoms with Crippen LogP contribution in [0, 0.1) is 0 Å². The second-order valence-electron chi connectivity index (χ2n) is 5.85. The number of hydrogen-bond donors (Lipinski definition) is 3. The maximum absolute atomic E-state index is 6.22. The largest absolute Gasteiger partial charge is 0.497 e. The minimum absolute atomic E-state index is 0.209. The average Bonchev–Trinajstić information content (AvgIpc) is 3.12. The number of nitrogens with zero attached hydrogens (tertiary/aromatic N) is 2. The smallest absolute Gasteiger partial charge is 0.167 e. The number of benzene rings is 2. The summed E-state index contributed by atoms with van der Waals surface area (Å²) in [5.74, 6) is 2.31. The molecular weight excluding hydrogens is 314 g/mol. The van der Waals surface area contributed by atoms with Gasteiger partial charge in [0.1, 0.15) is 11.6 Å². The van der Waals surface area contributed by atoms with Gasteiger partial charge in [-0.15, -0.1) is 0 Å². The van der Waals surface area contributed by atoms with Gasteiger partial charge in [-0.2, -0.15) is 5.10 Å². The molecule has 0 aliphatic heterocycles. The van der Waals surface area contributed by atoms with E-state index in [1.165, 1.54) is 5.56 Å². The summed E-state index contributed by atoms with van der Waals surface area (Å²) >= 11 is 0. The molecule has 4 N–H and O–H groups in total. The maximum Gasteiger partial charge on any atom is 0.167 e. The average molecular weight is 337 g/mol. The van der Waals surface area contributed by atoms with Gasteiger partial charge in [0.2, 0.25) is 0 Å². The normalized spacial score (nSPS) is 11.9. The van der Waals surface area contributed by atoms with Gasteiger partial charge in [-0.25, -0.2) is 4.98 Å². The maximum atomic E-state index is 6.22. The summed E-state index contributed by atoms with van der Waals surface area (Å²) in [5.41, 5.74) is 8.41. The van der Waals surface area contributed by atoms with Crippen molar-refractivity contribution in [1.29, 1.82) is 0 Å². The molecule has 1 aromatic heterocycles. The summed E-state index contributed by atoms with van der Waals surface area (Å²) in [4.78, 5) is 4.51. The molecule has 0 fully saturated rings. The van der Waals surface area contributed by atoms with E-state index < -0.39 is 0 Å². The van der Waals surface area contributed by atoms with Crippen LogP contribution in [-0.4, -0.2) is 28.8 Å². The Labute approximate surface area is 147 Å². The lowest BCUT2D eigenvalue weighted by molar-refractivity contribution is 0.415. The topological polar surface area (TPSA) is 88.8 Å². The number of aromatic nitrogens is 3. The third kappa shape index (κ3) is 4.81. The summed E-state index contributed by atoms with van der Waals surface area (Å²) < 4.78 is 5.22. The van der Waals surface area contributed by atoms with Crippen LogP contribution in [0.25, 0.3) is 0 Å². The van der Waals surface area contributed by atoms with E-state index in [0.717, 1.165) is 36.6 Å². The van der Waals surface area contributed by atoms with Gasteiger partial charge in [0.05, 0.1) is 13.2 Å². The molecule has 0 amide bonds. The van der Waals surface area contributed by atoms with Gasteiger partial charge in [-0.3, -0.25) is 5.10 Å². The van der Waals surface area contributed by atoms with Crippen LogP contribution in [0.4, 0.5) is 5.69 Å². The van der Waals surface area contributed by atoms with Crippen LogP contribution in [0.2, 0.25) is 0 Å². The summed E-state index contributed by atoms with van der Waals surface area (Å²) in [6.07, 6.45) is 1.46. The first-order valence-electron chi connectivity index (χ1n) is 8.33. The number of nitrogens with two attached hydrogens (primary N) is 1. The van der Waals surface area contributed by atoms with Gasteiger partial charge < -0.3 is 15.8 Å². The Balaban J connectivity index is 1.51. The highest BCUT2D eigenvalue weighted by molar-refractivity contribution is 5.48. The first-order chi connectivity index (χ1) is 12.2. The Kier molecular flexibility index (Phi) is 5.64. The molecule has 0 saturated heterocycles. The Morgan fingerprint density at radius 1 is 1.16 bits per heavy atom. The minimum atomic E-state index is -0.209. The quantitative estimate of drug-likeness (QED) is 0.588. The Morgan fingerprint density at radius 3 is 2.80 bits per heavy atom. The molecule has 3 aromatic rings. The van der Waals surface area contributed by atoms with E-state index in [0.29, 0.717) is 5.82 Å². The van der Waals surface area contributed by atoms with E-state index >= 15 is 0 Å². The zero-order chi connectivity index (χ0) is 17.5. The second-order valence-corrected chi connectivity index (χ2v) is 5.85. The van der Waals surface area contributed by atoms with Gasteiger partial charge in [0.15, 0.2) is 5.82 Å². The molecular formula is C19H23N5O. The molecule has 0 radical (unpaired) electrons. The lowest BCUT2D eigenvalue weighted by Crippen LogP contribution is -2.15. The van der Waals surface area contributed by atoms with Crippen molar-refractivity contribution >= 4 is 5.69 Å². The van der Waals surface area contributed by atoms with Crippen LogP contribution >= 0.6 is 0 Å². The molecule has 1 atom stereocenters. The molecule has 0 aliphatic rings. The third-order valence-electron chi connectivity index (χ3n) is 3.94. The van der Waals surface area contributed by atoms with Crippen LogP contribution in [0.3, 0.4) is 0 Å². The van der Waals surface area contributed by atoms with E-state index in [-0.39, 0.29) is 6.04 Å². The number of methoxy groups -OCH3 is 1. The number of rotatable bonds is 8. The molecule has 3 rings (SSSR count). The molecule has 25 heavy (non-hydrogen) atoms. The molecule has 0 aliphatic carbocycles. The summed E-state index contributed by atoms with van der Waals surface area (Å²) in [7, 11) is 1.66. The number of ether oxygens (including phenoxy) is 1. The van der Waals surface area contributed by atoms with Crippen molar-refractivity contribution in [3.05, 3.63) is 71.8 Å². The van der Waals surface area contributed by atoms with E-state index in [9.17, 15) is 0 Å². The van der Waals surface area contributed by atoms with Crippen molar-refractivity contribution in [1.82, 2.24) is 15.2 Å². The molecule has 0 saturated carbocycles. The predicted molar refractivity (Wildman–Crippen MR) is 98.6 cm³/mol. The molecule has 1 unspecified atom stereocenters. The van der Waals surface area contributed by atoms with Gasteiger partial charge in [-0.05, 0) is 24.1 Å². The fourth-order valence-electron chi connectivity index (χ4n) is 2.61. The van der Waals surface area contributed by atoms with Gasteiger partial charge in [-0.1, -0.05) is 36.4 Å². The number of nitrogens with one attached hydrogen (secondary N) is 2. The Hall–Kier alpha value is -2.86. The molecule has 6 heteroatoms. The Morgan fingerprint density at radius 2 is 2.00 bits per heavy atom. The number of aromatic amines is 1. The zero-order valence-electron chi connectivity index (χ0n) is 14.3. The summed E-state index contributed by atoms with van der Waals surface area (Å²) in [6.45, 7) is 0.746. The van der Waals surface area contributed by atoms with Crippen LogP contribution in [-0.2, 0) is 12.8 Å². The Bertz CT molecular complexity index is 787. The van der Waals surface area contributed by atoms with E-state index in [2.05, 4.69) is 32.6 Å². The lowest BCUT2D eigenvalue weighted by atomic mass is 10.1. The fraction of sp³-hybridized carbons (Fsp3) is 0.263. The van der Waals surface area contributed by atoms with Gasteiger partial charge in [0, 0.05) is 24.7 Å². The van der Waals surface area contributed by atoms with Crippen LogP contribution in [0.1, 0.15) is 23.3 Å². The van der Waals surface area contributed by atoms with Crippen molar-refractivity contribution in [3.8, 4) is 5.75 Å². The van der Waals surface area contributed by atoms with E-state index in [4.69, 9.17) is 10.5 Å². The van der Waals surface area contributed by atoms with Crippen LogP contribution < -0.4 is 15.8 Å². The molecule has 0 bridgehead atoms. The molecule has 130 valence electrons. The van der Waals surface area contributed by atoms with E-state index in [1.54, 1.807) is 7.11 Å². The molecule has 1 heterocycles. The van der Waals surface area contributed by atoms with Crippen molar-refractivity contribution in [2.75, 3.05) is 19.0 Å². The molecule has 6 nitrogen and oxygen atoms in total. The lowest BCUT2D eigenvalue weighted by Gasteiger charge is -2.07. The third-order valence-corrected chi connectivity index (χ3v) is 3.94. The van der Waals surface area contributed by atoms with Crippen LogP contribution in [0.15, 0.2) is 54.6 Å². The first-order valence-corrected chi connectivity index (χ1v) is 8.33. The highest BCUT2D eigenvalue weighted by atomic mass is 16.5. The number of hydrogen-bond acceptors (Lipinski definition) is 5. The summed E-state index contributed by atoms with van der Waals surface area (Å²) in [5, 5.41) is 10.6. The highest BCUT2D eigenvalue weighted by Crippen LogP contribution is 2.16. The SMILES string of the molecule is COc1cccc(NCCc2nc(C(N)Cc3ccccc3)n[nH]2)c1. The molecule has 2 aromatic carbocycles. The predicted octanol–water partition coefficient (Wildman–Crippen LogP) is 2.71. The second kappa shape index (κ2) is 8.30. The fourth-order valence-corrected chi connectivity index (χ4v) is 2.61. The minimum Gasteiger partial charge on any atom is -0.497 e. The van der Waals surface area contributed by atoms with Gasteiger partial charge in [0.25, 0.3) is 0 Å². The number of H-pyrrole nitrogens is 1. The highest BCUT2D eigenvalue weighted by Gasteiger charge is 2.12. The number of anilines is 1. The van der Waals surface area contributed by atoms with E-state index in [1.807, 2.05) is 42.5 Å². The standard InChI is InChI=1S/C19H23N5O/c1-25-16-9-5-8-15(13-16)21-11-10-18-22-19(24-23-18)17(20)12-14-6-3-2-4-7-14/h2-9,13,17,21H,10-12,20H2,1H3,(H,22,23,24). The van der Waals surface area contributed by atoms with Crippen molar-refractivity contribution < 1.29 is 4.74 Å². The van der Waals surface area contributed by atoms with Crippen molar-refractivity contribution in [2.45, 2.75) is 18.9 Å². The van der Waals surface area contributed by atoms with Crippen molar-refractivity contribution in [2.24, 2.45) is 5.73 Å². The van der Waals surface area contributed by atoms with Gasteiger partial charge >= 0.3 is 0 Å². The monoisotopic (exact) mass is 337 g/mol. The van der Waals surface area contributed by atoms with Crippen LogP contribution in [0.5, 0.6) is 5.75 Å². The van der Waals surface area contributed by atoms with Crippen molar-refractivity contribution in [3.63, 3.8) is 0 Å². The molecule has 0 spiro atoms. The summed E-state index contributed by atoms with van der Waals surface area (Å²) in [6, 6.07) is 17.8. The zero-order valence-corrected chi connectivity index (χ0v) is 14.3. The first kappa shape index (κ1) is 17.0.